The molecule has 4 atom stereocenters. The molecule has 0 aromatic carbocycles. The highest BCUT2D eigenvalue weighted by Gasteiger charge is 2.45. The lowest BCUT2D eigenvalue weighted by molar-refractivity contribution is -0.165. The van der Waals surface area contributed by atoms with Crippen molar-refractivity contribution >= 4 is 5.97 Å². The second-order valence-corrected chi connectivity index (χ2v) is 5.46. The monoisotopic (exact) mass is 270 g/mol. The molecular weight excluding hydrogens is 248 g/mol. The van der Waals surface area contributed by atoms with Gasteiger partial charge in [-0.2, -0.15) is 0 Å². The molecule has 0 saturated carbocycles. The number of aliphatic hydroxyl groups is 1. The van der Waals surface area contributed by atoms with Gasteiger partial charge in [0, 0.05) is 5.92 Å². The summed E-state index contributed by atoms with van der Waals surface area (Å²) >= 11 is 0. The molecule has 5 nitrogen and oxygen atoms in total. The number of hydrogen-bond donors (Lipinski definition) is 1. The average Bonchev–Trinajstić information content (AvgIpc) is 2.69. The first-order valence-electron chi connectivity index (χ1n) is 6.77. The molecule has 0 bridgehead atoms. The fraction of sp³-hybridized carbons (Fsp3) is 0.786. The Labute approximate surface area is 113 Å². The zero-order valence-electron chi connectivity index (χ0n) is 11.7. The van der Waals surface area contributed by atoms with E-state index in [4.69, 9.17) is 14.2 Å². The van der Waals surface area contributed by atoms with Crippen LogP contribution in [0.25, 0.3) is 0 Å². The molecule has 5 heteroatoms. The summed E-state index contributed by atoms with van der Waals surface area (Å²) in [6.07, 6.45) is 3.22. The molecule has 2 rings (SSSR count). The predicted molar refractivity (Wildman–Crippen MR) is 68.3 cm³/mol. The molecule has 1 saturated heterocycles. The molecule has 2 aliphatic rings. The molecule has 0 amide bonds. The minimum absolute atomic E-state index is 0.110. The number of carbonyl (C=O) groups excluding carboxylic acids is 1. The maximum Gasteiger partial charge on any atom is 0.312 e. The van der Waals surface area contributed by atoms with Crippen molar-refractivity contribution in [2.75, 3.05) is 13.2 Å². The Morgan fingerprint density at radius 3 is 2.84 bits per heavy atom. The molecule has 0 radical (unpaired) electrons. The van der Waals surface area contributed by atoms with Crippen LogP contribution in [0.2, 0.25) is 0 Å². The van der Waals surface area contributed by atoms with Crippen LogP contribution in [0, 0.1) is 11.8 Å². The minimum atomic E-state index is -0.815. The van der Waals surface area contributed by atoms with Crippen LogP contribution in [0.15, 0.2) is 12.2 Å². The quantitative estimate of drug-likeness (QED) is 0.617. The first kappa shape index (κ1) is 14.5. The molecule has 0 aromatic heterocycles. The van der Waals surface area contributed by atoms with E-state index in [9.17, 15) is 9.90 Å². The molecule has 0 spiro atoms. The lowest BCUT2D eigenvalue weighted by atomic mass is 9.78. The maximum atomic E-state index is 12.0. The van der Waals surface area contributed by atoms with E-state index >= 15 is 0 Å². The molecule has 0 aromatic rings. The fourth-order valence-corrected chi connectivity index (χ4v) is 2.76. The second kappa shape index (κ2) is 5.61. The number of hydrogen-bond acceptors (Lipinski definition) is 5. The summed E-state index contributed by atoms with van der Waals surface area (Å²) in [5.74, 6) is -1.68. The molecule has 1 N–H and O–H groups in total. The van der Waals surface area contributed by atoms with E-state index in [2.05, 4.69) is 0 Å². The Morgan fingerprint density at radius 1 is 1.53 bits per heavy atom. The van der Waals surface area contributed by atoms with Crippen LogP contribution in [0.3, 0.4) is 0 Å². The van der Waals surface area contributed by atoms with Crippen LogP contribution in [0.1, 0.15) is 27.2 Å². The first-order chi connectivity index (χ1) is 8.94. The van der Waals surface area contributed by atoms with Crippen molar-refractivity contribution in [1.29, 1.82) is 0 Å². The molecule has 1 heterocycles. The third-order valence-electron chi connectivity index (χ3n) is 3.64. The standard InChI is InChI=1S/C14H22O5/c1-4-17-13(16)12-9(6-5-7-10(12)15)11-8-18-14(2,3)19-11/h5,7,9-12,15H,4,6,8H2,1-3H3/t9-,10+,11+,12-/m0/s1. The molecule has 19 heavy (non-hydrogen) atoms. The molecule has 108 valence electrons. The summed E-state index contributed by atoms with van der Waals surface area (Å²) in [5, 5.41) is 10.0. The van der Waals surface area contributed by atoms with E-state index in [0.717, 1.165) is 0 Å². The van der Waals surface area contributed by atoms with Crippen molar-refractivity contribution in [3.8, 4) is 0 Å². The number of ether oxygens (including phenoxy) is 3. The predicted octanol–water partition coefficient (Wildman–Crippen LogP) is 1.25. The number of esters is 1. The van der Waals surface area contributed by atoms with Gasteiger partial charge in [-0.05, 0) is 27.2 Å². The first-order valence-corrected chi connectivity index (χ1v) is 6.77. The van der Waals surface area contributed by atoms with Crippen LogP contribution in [-0.4, -0.2) is 42.3 Å². The van der Waals surface area contributed by atoms with Gasteiger partial charge >= 0.3 is 5.97 Å². The molecule has 1 fully saturated rings. The van der Waals surface area contributed by atoms with Crippen molar-refractivity contribution in [2.24, 2.45) is 11.8 Å². The van der Waals surface area contributed by atoms with Crippen LogP contribution in [0.5, 0.6) is 0 Å². The SMILES string of the molecule is CCOC(=O)[C@H]1[C@H]([C@H]2COC(C)(C)O2)CC=C[C@H]1O. The highest BCUT2D eigenvalue weighted by molar-refractivity contribution is 5.74. The van der Waals surface area contributed by atoms with Gasteiger partial charge < -0.3 is 19.3 Å². The highest BCUT2D eigenvalue weighted by atomic mass is 16.7. The summed E-state index contributed by atoms with van der Waals surface area (Å²) in [7, 11) is 0. The van der Waals surface area contributed by atoms with Crippen LogP contribution >= 0.6 is 0 Å². The number of carbonyl (C=O) groups is 1. The van der Waals surface area contributed by atoms with Crippen molar-refractivity contribution in [2.45, 2.75) is 45.2 Å². The lowest BCUT2D eigenvalue weighted by Gasteiger charge is -2.33. The van der Waals surface area contributed by atoms with Gasteiger partial charge in [0.05, 0.1) is 31.3 Å². The Hall–Kier alpha value is -0.910. The molecule has 0 unspecified atom stereocenters. The highest BCUT2D eigenvalue weighted by Crippen LogP contribution is 2.36. The number of allylic oxidation sites excluding steroid dienone is 1. The zero-order chi connectivity index (χ0) is 14.0. The topological polar surface area (TPSA) is 65.0 Å². The van der Waals surface area contributed by atoms with Gasteiger partial charge in [-0.1, -0.05) is 12.2 Å². The van der Waals surface area contributed by atoms with Gasteiger partial charge in [0.2, 0.25) is 0 Å². The van der Waals surface area contributed by atoms with Crippen LogP contribution in [-0.2, 0) is 19.0 Å². The summed E-state index contributed by atoms with van der Waals surface area (Å²) in [6, 6.07) is 0. The maximum absolute atomic E-state index is 12.0. The third-order valence-corrected chi connectivity index (χ3v) is 3.64. The third kappa shape index (κ3) is 3.16. The van der Waals surface area contributed by atoms with Crippen molar-refractivity contribution in [3.63, 3.8) is 0 Å². The van der Waals surface area contributed by atoms with Crippen molar-refractivity contribution < 1.29 is 24.1 Å². The normalized spacial score (nSPS) is 37.3. The summed E-state index contributed by atoms with van der Waals surface area (Å²) in [6.45, 7) is 6.21. The van der Waals surface area contributed by atoms with Crippen LogP contribution < -0.4 is 0 Å². The summed E-state index contributed by atoms with van der Waals surface area (Å²) in [5.41, 5.74) is 0. The van der Waals surface area contributed by atoms with Crippen molar-refractivity contribution in [3.05, 3.63) is 12.2 Å². The minimum Gasteiger partial charge on any atom is -0.466 e. The van der Waals surface area contributed by atoms with Gasteiger partial charge in [-0.3, -0.25) is 4.79 Å². The average molecular weight is 270 g/mol. The summed E-state index contributed by atoms with van der Waals surface area (Å²) in [4.78, 5) is 12.0. The fourth-order valence-electron chi connectivity index (χ4n) is 2.76. The summed E-state index contributed by atoms with van der Waals surface area (Å²) < 4.78 is 16.4. The van der Waals surface area contributed by atoms with E-state index in [1.165, 1.54) is 0 Å². The molecular formula is C14H22O5. The number of rotatable bonds is 3. The lowest BCUT2D eigenvalue weighted by Crippen LogP contribution is -2.43. The van der Waals surface area contributed by atoms with Gasteiger partial charge in [-0.25, -0.2) is 0 Å². The van der Waals surface area contributed by atoms with Gasteiger partial charge in [0.15, 0.2) is 5.79 Å². The molecule has 1 aliphatic carbocycles. The van der Waals surface area contributed by atoms with Gasteiger partial charge in [0.1, 0.15) is 0 Å². The van der Waals surface area contributed by atoms with Gasteiger partial charge in [-0.15, -0.1) is 0 Å². The Morgan fingerprint density at radius 2 is 2.26 bits per heavy atom. The number of aliphatic hydroxyl groups excluding tert-OH is 1. The van der Waals surface area contributed by atoms with Crippen LogP contribution in [0.4, 0.5) is 0 Å². The van der Waals surface area contributed by atoms with E-state index in [-0.39, 0.29) is 18.0 Å². The zero-order valence-corrected chi connectivity index (χ0v) is 11.7. The largest absolute Gasteiger partial charge is 0.466 e. The Kier molecular flexibility index (Phi) is 4.28. The Bertz CT molecular complexity index is 363. The van der Waals surface area contributed by atoms with Crippen molar-refractivity contribution in [1.82, 2.24) is 0 Å². The smallest absolute Gasteiger partial charge is 0.312 e. The van der Waals surface area contributed by atoms with E-state index in [1.54, 1.807) is 13.0 Å². The Balaban J connectivity index is 2.13. The van der Waals surface area contributed by atoms with E-state index in [0.29, 0.717) is 19.6 Å². The second-order valence-electron chi connectivity index (χ2n) is 5.46. The van der Waals surface area contributed by atoms with E-state index in [1.807, 2.05) is 19.9 Å². The van der Waals surface area contributed by atoms with Gasteiger partial charge in [0.25, 0.3) is 0 Å². The molecule has 1 aliphatic heterocycles. The van der Waals surface area contributed by atoms with E-state index < -0.39 is 17.8 Å².